The van der Waals surface area contributed by atoms with Gasteiger partial charge in [0.1, 0.15) is 0 Å². The van der Waals surface area contributed by atoms with E-state index in [-0.39, 0.29) is 16.7 Å². The van der Waals surface area contributed by atoms with Crippen molar-refractivity contribution in [1.29, 1.82) is 0 Å². The van der Waals surface area contributed by atoms with E-state index in [1.54, 1.807) is 0 Å². The molecule has 4 nitrogen and oxygen atoms in total. The van der Waals surface area contributed by atoms with Crippen LogP contribution in [0.3, 0.4) is 0 Å². The lowest BCUT2D eigenvalue weighted by atomic mass is 9.97. The highest BCUT2D eigenvalue weighted by Crippen LogP contribution is 2.29. The van der Waals surface area contributed by atoms with Gasteiger partial charge in [-0.15, -0.1) is 0 Å². The second kappa shape index (κ2) is 6.05. The van der Waals surface area contributed by atoms with Crippen LogP contribution in [0.2, 0.25) is 0 Å². The molecule has 1 aromatic carbocycles. The number of rotatable bonds is 3. The van der Waals surface area contributed by atoms with Gasteiger partial charge >= 0.3 is 5.51 Å². The van der Waals surface area contributed by atoms with Crippen LogP contribution in [0.5, 0.6) is 0 Å². The largest absolute Gasteiger partial charge is 0.475 e. The molecule has 1 fully saturated rings. The maximum absolute atomic E-state index is 12.4. The number of carbonyl (C=O) groups excluding carboxylic acids is 1. The SMILES string of the molecule is NC(=O)[C@H]1CCCN(c2ccc([S@](=O)C(F)(F)F)cc2)C1. The Hall–Kier alpha value is -1.57. The molecule has 8 heteroatoms. The zero-order valence-corrected chi connectivity index (χ0v) is 11.9. The summed E-state index contributed by atoms with van der Waals surface area (Å²) in [5.41, 5.74) is 1.23. The lowest BCUT2D eigenvalue weighted by Gasteiger charge is -2.33. The fraction of sp³-hybridized carbons (Fsp3) is 0.462. The molecule has 0 spiro atoms. The molecule has 0 bridgehead atoms. The Morgan fingerprint density at radius 3 is 2.43 bits per heavy atom. The molecule has 1 aliphatic heterocycles. The van der Waals surface area contributed by atoms with Crippen molar-refractivity contribution in [3.63, 3.8) is 0 Å². The average molecular weight is 320 g/mol. The minimum atomic E-state index is -4.76. The second-order valence-corrected chi connectivity index (χ2v) is 6.37. The van der Waals surface area contributed by atoms with Gasteiger partial charge in [-0.25, -0.2) is 4.21 Å². The summed E-state index contributed by atoms with van der Waals surface area (Å²) in [6.07, 6.45) is 1.52. The van der Waals surface area contributed by atoms with Gasteiger partial charge < -0.3 is 10.6 Å². The Kier molecular flexibility index (Phi) is 4.55. The van der Waals surface area contributed by atoms with Gasteiger partial charge in [0.25, 0.3) is 0 Å². The first-order chi connectivity index (χ1) is 9.79. The molecule has 1 aromatic rings. The van der Waals surface area contributed by atoms with Crippen LogP contribution in [-0.4, -0.2) is 28.7 Å². The van der Waals surface area contributed by atoms with Crippen molar-refractivity contribution in [2.45, 2.75) is 23.2 Å². The topological polar surface area (TPSA) is 63.4 Å². The molecule has 0 radical (unpaired) electrons. The number of nitrogens with two attached hydrogens (primary N) is 1. The van der Waals surface area contributed by atoms with E-state index in [1.165, 1.54) is 24.3 Å². The summed E-state index contributed by atoms with van der Waals surface area (Å²) in [6.45, 7) is 1.17. The van der Waals surface area contributed by atoms with Gasteiger partial charge in [-0.1, -0.05) is 0 Å². The molecule has 1 saturated heterocycles. The Bertz CT molecular complexity index is 545. The highest BCUT2D eigenvalue weighted by Gasteiger charge is 2.38. The van der Waals surface area contributed by atoms with Crippen molar-refractivity contribution >= 4 is 22.4 Å². The highest BCUT2D eigenvalue weighted by atomic mass is 32.2. The molecule has 0 aromatic heterocycles. The summed E-state index contributed by atoms with van der Waals surface area (Å²) in [7, 11) is -3.02. The molecule has 1 aliphatic rings. The minimum absolute atomic E-state index is 0.247. The molecule has 2 atom stereocenters. The summed E-state index contributed by atoms with van der Waals surface area (Å²) < 4.78 is 48.3. The average Bonchev–Trinajstić information content (AvgIpc) is 2.46. The molecule has 0 aliphatic carbocycles. The maximum Gasteiger partial charge on any atom is 0.475 e. The monoisotopic (exact) mass is 320 g/mol. The van der Waals surface area contributed by atoms with Crippen LogP contribution in [0.25, 0.3) is 0 Å². The van der Waals surface area contributed by atoms with E-state index in [0.717, 1.165) is 12.8 Å². The fourth-order valence-corrected chi connectivity index (χ4v) is 3.01. The standard InChI is InChI=1S/C13H15F3N2O2S/c14-13(15,16)21(20)11-5-3-10(4-6-11)18-7-1-2-9(8-18)12(17)19/h3-6,9H,1-2,7-8H2,(H2,17,19)/t9-,21-/m0/s1. The number of hydrogen-bond acceptors (Lipinski definition) is 3. The third-order valence-corrected chi connectivity index (χ3v) is 4.57. The number of halogens is 3. The molecule has 1 heterocycles. The lowest BCUT2D eigenvalue weighted by molar-refractivity contribution is -0.122. The summed E-state index contributed by atoms with van der Waals surface area (Å²) in [4.78, 5) is 12.8. The Balaban J connectivity index is 2.12. The molecule has 21 heavy (non-hydrogen) atoms. The molecule has 2 N–H and O–H groups in total. The number of primary amides is 1. The number of benzene rings is 1. The van der Waals surface area contributed by atoms with E-state index in [4.69, 9.17) is 5.73 Å². The zero-order valence-electron chi connectivity index (χ0n) is 11.1. The van der Waals surface area contributed by atoms with Gasteiger partial charge in [-0.05, 0) is 37.1 Å². The van der Waals surface area contributed by atoms with Gasteiger partial charge in [0.2, 0.25) is 5.91 Å². The van der Waals surface area contributed by atoms with E-state index in [0.29, 0.717) is 18.8 Å². The number of nitrogens with zero attached hydrogens (tertiary/aromatic N) is 1. The number of carbonyl (C=O) groups is 1. The van der Waals surface area contributed by atoms with E-state index < -0.39 is 16.3 Å². The Labute approximate surface area is 122 Å². The quantitative estimate of drug-likeness (QED) is 0.927. The number of hydrogen-bond donors (Lipinski definition) is 1. The number of amides is 1. The predicted octanol–water partition coefficient (Wildman–Crippen LogP) is 2.02. The summed E-state index contributed by atoms with van der Waals surface area (Å²) in [5.74, 6) is -0.614. The first kappa shape index (κ1) is 15.8. The first-order valence-electron chi connectivity index (χ1n) is 6.42. The molecule has 0 saturated carbocycles. The molecular formula is C13H15F3N2O2S. The highest BCUT2D eigenvalue weighted by molar-refractivity contribution is 7.86. The van der Waals surface area contributed by atoms with Gasteiger partial charge in [0.05, 0.1) is 5.92 Å². The molecule has 1 amide bonds. The van der Waals surface area contributed by atoms with Crippen LogP contribution in [0, 0.1) is 5.92 Å². The summed E-state index contributed by atoms with van der Waals surface area (Å²) in [5, 5.41) is 0. The van der Waals surface area contributed by atoms with Crippen LogP contribution in [-0.2, 0) is 15.6 Å². The Morgan fingerprint density at radius 1 is 1.29 bits per heavy atom. The van der Waals surface area contributed by atoms with E-state index in [2.05, 4.69) is 0 Å². The van der Waals surface area contributed by atoms with Gasteiger partial charge in [-0.3, -0.25) is 4.79 Å². The van der Waals surface area contributed by atoms with Gasteiger partial charge in [0.15, 0.2) is 10.8 Å². The lowest BCUT2D eigenvalue weighted by Crippen LogP contribution is -2.41. The van der Waals surface area contributed by atoms with Crippen LogP contribution >= 0.6 is 0 Å². The summed E-state index contributed by atoms with van der Waals surface area (Å²) >= 11 is 0. The predicted molar refractivity (Wildman–Crippen MR) is 73.0 cm³/mol. The van der Waals surface area contributed by atoms with Crippen molar-refractivity contribution < 1.29 is 22.2 Å². The normalized spacial score (nSPS) is 21.1. The van der Waals surface area contributed by atoms with Crippen LogP contribution < -0.4 is 10.6 Å². The van der Waals surface area contributed by atoms with Crippen LogP contribution in [0.15, 0.2) is 29.2 Å². The van der Waals surface area contributed by atoms with E-state index >= 15 is 0 Å². The van der Waals surface area contributed by atoms with Crippen LogP contribution in [0.4, 0.5) is 18.9 Å². The van der Waals surface area contributed by atoms with Crippen molar-refractivity contribution in [2.24, 2.45) is 11.7 Å². The Morgan fingerprint density at radius 2 is 1.90 bits per heavy atom. The number of alkyl halides is 3. The van der Waals surface area contributed by atoms with E-state index in [1.807, 2.05) is 4.90 Å². The first-order valence-corrected chi connectivity index (χ1v) is 7.57. The zero-order chi connectivity index (χ0) is 15.6. The fourth-order valence-electron chi connectivity index (χ4n) is 2.36. The minimum Gasteiger partial charge on any atom is -0.371 e. The van der Waals surface area contributed by atoms with Crippen molar-refractivity contribution in [3.8, 4) is 0 Å². The van der Waals surface area contributed by atoms with Gasteiger partial charge in [0, 0.05) is 23.7 Å². The van der Waals surface area contributed by atoms with Crippen molar-refractivity contribution in [3.05, 3.63) is 24.3 Å². The second-order valence-electron chi connectivity index (χ2n) is 4.90. The van der Waals surface area contributed by atoms with Crippen LogP contribution in [0.1, 0.15) is 12.8 Å². The summed E-state index contributed by atoms with van der Waals surface area (Å²) in [6, 6.07) is 5.38. The number of anilines is 1. The third kappa shape index (κ3) is 3.75. The molecule has 116 valence electrons. The van der Waals surface area contributed by atoms with E-state index in [9.17, 15) is 22.2 Å². The molecule has 2 rings (SSSR count). The smallest absolute Gasteiger partial charge is 0.371 e. The van der Waals surface area contributed by atoms with Crippen molar-refractivity contribution in [2.75, 3.05) is 18.0 Å². The molecule has 0 unspecified atom stereocenters. The van der Waals surface area contributed by atoms with Gasteiger partial charge in [-0.2, -0.15) is 13.2 Å². The maximum atomic E-state index is 12.4. The molecular weight excluding hydrogens is 305 g/mol. The van der Waals surface area contributed by atoms with Crippen molar-refractivity contribution in [1.82, 2.24) is 0 Å². The third-order valence-electron chi connectivity index (χ3n) is 3.45. The number of piperidine rings is 1.